The Bertz CT molecular complexity index is 286. The van der Waals surface area contributed by atoms with Crippen molar-refractivity contribution in [2.45, 2.75) is 45.6 Å². The summed E-state index contributed by atoms with van der Waals surface area (Å²) in [6.45, 7) is 3.84. The van der Waals surface area contributed by atoms with E-state index in [0.29, 0.717) is 6.54 Å². The van der Waals surface area contributed by atoms with Gasteiger partial charge in [0.05, 0.1) is 0 Å². The monoisotopic (exact) mass is 223 g/mol. The van der Waals surface area contributed by atoms with E-state index in [0.717, 1.165) is 12.1 Å². The summed E-state index contributed by atoms with van der Waals surface area (Å²) < 4.78 is 13.2. The minimum Gasteiger partial charge on any atom is -0.313 e. The quantitative estimate of drug-likeness (QED) is 0.659. The number of halogens is 1. The smallest absolute Gasteiger partial charge is 0.127 e. The summed E-state index contributed by atoms with van der Waals surface area (Å²) in [7, 11) is 0. The van der Waals surface area contributed by atoms with Gasteiger partial charge in [-0.2, -0.15) is 0 Å². The van der Waals surface area contributed by atoms with E-state index in [4.69, 9.17) is 0 Å². The van der Waals surface area contributed by atoms with Gasteiger partial charge in [-0.15, -0.1) is 0 Å². The van der Waals surface area contributed by atoms with Crippen LogP contribution in [0.4, 0.5) is 4.39 Å². The van der Waals surface area contributed by atoms with Crippen LogP contribution in [0.3, 0.4) is 0 Å². The molecule has 0 heterocycles. The molecule has 0 spiro atoms. The van der Waals surface area contributed by atoms with Crippen LogP contribution >= 0.6 is 0 Å². The lowest BCUT2D eigenvalue weighted by atomic mass is 10.1. The zero-order chi connectivity index (χ0) is 11.6. The molecule has 0 saturated carbocycles. The maximum absolute atomic E-state index is 13.2. The molecule has 16 heavy (non-hydrogen) atoms. The minimum absolute atomic E-state index is 0.110. The third kappa shape index (κ3) is 5.26. The minimum atomic E-state index is -0.110. The first-order valence-electron chi connectivity index (χ1n) is 6.28. The zero-order valence-corrected chi connectivity index (χ0v) is 10.1. The fourth-order valence-corrected chi connectivity index (χ4v) is 1.72. The molecule has 90 valence electrons. The standard InChI is InChI=1S/C14H22FN/c1-2-3-4-5-8-11-16-12-13-9-6-7-10-14(13)15/h6-7,9-10,16H,2-5,8,11-12H2,1H3. The van der Waals surface area contributed by atoms with Crippen LogP contribution in [0.5, 0.6) is 0 Å². The van der Waals surface area contributed by atoms with Crippen molar-refractivity contribution in [3.63, 3.8) is 0 Å². The summed E-state index contributed by atoms with van der Waals surface area (Å²) in [5, 5.41) is 3.28. The van der Waals surface area contributed by atoms with Crippen molar-refractivity contribution in [2.75, 3.05) is 6.54 Å². The van der Waals surface area contributed by atoms with E-state index in [1.54, 1.807) is 6.07 Å². The molecule has 1 rings (SSSR count). The van der Waals surface area contributed by atoms with Gasteiger partial charge in [0, 0.05) is 12.1 Å². The molecule has 1 nitrogen and oxygen atoms in total. The second kappa shape index (κ2) is 8.28. The van der Waals surface area contributed by atoms with Crippen LogP contribution in [0.25, 0.3) is 0 Å². The summed E-state index contributed by atoms with van der Waals surface area (Å²) in [5.74, 6) is -0.110. The van der Waals surface area contributed by atoms with Gasteiger partial charge in [0.2, 0.25) is 0 Å². The fraction of sp³-hybridized carbons (Fsp3) is 0.571. The van der Waals surface area contributed by atoms with Gasteiger partial charge in [0.1, 0.15) is 5.82 Å². The molecule has 0 fully saturated rings. The topological polar surface area (TPSA) is 12.0 Å². The maximum Gasteiger partial charge on any atom is 0.127 e. The van der Waals surface area contributed by atoms with E-state index in [2.05, 4.69) is 12.2 Å². The van der Waals surface area contributed by atoms with Crippen LogP contribution in [-0.4, -0.2) is 6.54 Å². The molecule has 0 atom stereocenters. The summed E-state index contributed by atoms with van der Waals surface area (Å²) >= 11 is 0. The first-order chi connectivity index (χ1) is 7.84. The van der Waals surface area contributed by atoms with Crippen molar-refractivity contribution in [3.8, 4) is 0 Å². The Morgan fingerprint density at radius 3 is 2.56 bits per heavy atom. The molecule has 0 aliphatic rings. The predicted molar refractivity (Wildman–Crippen MR) is 66.9 cm³/mol. The van der Waals surface area contributed by atoms with Gasteiger partial charge in [0.15, 0.2) is 0 Å². The lowest BCUT2D eigenvalue weighted by Gasteiger charge is -2.05. The van der Waals surface area contributed by atoms with Crippen LogP contribution in [0, 0.1) is 5.82 Å². The number of rotatable bonds is 8. The van der Waals surface area contributed by atoms with Gasteiger partial charge in [0.25, 0.3) is 0 Å². The molecule has 0 amide bonds. The Morgan fingerprint density at radius 1 is 1.06 bits per heavy atom. The number of unbranched alkanes of at least 4 members (excludes halogenated alkanes) is 4. The third-order valence-corrected chi connectivity index (χ3v) is 2.73. The molecule has 0 saturated heterocycles. The van der Waals surface area contributed by atoms with Crippen molar-refractivity contribution in [1.82, 2.24) is 5.32 Å². The van der Waals surface area contributed by atoms with E-state index >= 15 is 0 Å². The van der Waals surface area contributed by atoms with Crippen LogP contribution in [0.15, 0.2) is 24.3 Å². The summed E-state index contributed by atoms with van der Waals surface area (Å²) in [6, 6.07) is 6.95. The Balaban J connectivity index is 2.05. The van der Waals surface area contributed by atoms with Gasteiger partial charge < -0.3 is 5.32 Å². The normalized spacial score (nSPS) is 10.6. The highest BCUT2D eigenvalue weighted by Gasteiger charge is 1.98. The Hall–Kier alpha value is -0.890. The van der Waals surface area contributed by atoms with Gasteiger partial charge in [-0.1, -0.05) is 50.8 Å². The third-order valence-electron chi connectivity index (χ3n) is 2.73. The number of nitrogens with one attached hydrogen (secondary N) is 1. The van der Waals surface area contributed by atoms with E-state index < -0.39 is 0 Å². The molecule has 0 radical (unpaired) electrons. The van der Waals surface area contributed by atoms with E-state index in [9.17, 15) is 4.39 Å². The molecule has 2 heteroatoms. The fourth-order valence-electron chi connectivity index (χ4n) is 1.72. The molecular formula is C14H22FN. The van der Waals surface area contributed by atoms with Gasteiger partial charge >= 0.3 is 0 Å². The summed E-state index contributed by atoms with van der Waals surface area (Å²) in [5.41, 5.74) is 0.760. The number of hydrogen-bond acceptors (Lipinski definition) is 1. The number of benzene rings is 1. The van der Waals surface area contributed by atoms with Crippen molar-refractivity contribution >= 4 is 0 Å². The number of hydrogen-bond donors (Lipinski definition) is 1. The molecule has 0 unspecified atom stereocenters. The molecule has 1 aromatic carbocycles. The molecule has 1 N–H and O–H groups in total. The van der Waals surface area contributed by atoms with Crippen LogP contribution in [-0.2, 0) is 6.54 Å². The van der Waals surface area contributed by atoms with Gasteiger partial charge in [-0.3, -0.25) is 0 Å². The largest absolute Gasteiger partial charge is 0.313 e. The molecule has 0 aliphatic carbocycles. The highest BCUT2D eigenvalue weighted by molar-refractivity contribution is 5.16. The van der Waals surface area contributed by atoms with Crippen molar-refractivity contribution < 1.29 is 4.39 Å². The first kappa shape index (κ1) is 13.2. The molecule has 0 bridgehead atoms. The lowest BCUT2D eigenvalue weighted by molar-refractivity contribution is 0.561. The average molecular weight is 223 g/mol. The average Bonchev–Trinajstić information content (AvgIpc) is 2.30. The second-order valence-corrected chi connectivity index (χ2v) is 4.18. The van der Waals surface area contributed by atoms with Crippen molar-refractivity contribution in [2.24, 2.45) is 0 Å². The highest BCUT2D eigenvalue weighted by atomic mass is 19.1. The summed E-state index contributed by atoms with van der Waals surface area (Å²) in [6.07, 6.45) is 6.39. The summed E-state index contributed by atoms with van der Waals surface area (Å²) in [4.78, 5) is 0. The SMILES string of the molecule is CCCCCCCNCc1ccccc1F. The second-order valence-electron chi connectivity index (χ2n) is 4.18. The molecular weight excluding hydrogens is 201 g/mol. The van der Waals surface area contributed by atoms with Gasteiger partial charge in [-0.25, -0.2) is 4.39 Å². The van der Waals surface area contributed by atoms with Crippen LogP contribution in [0.1, 0.15) is 44.6 Å². The van der Waals surface area contributed by atoms with Crippen LogP contribution < -0.4 is 5.32 Å². The van der Waals surface area contributed by atoms with E-state index in [-0.39, 0.29) is 5.82 Å². The lowest BCUT2D eigenvalue weighted by Crippen LogP contribution is -2.15. The maximum atomic E-state index is 13.2. The molecule has 0 aliphatic heterocycles. The van der Waals surface area contributed by atoms with E-state index in [1.165, 1.54) is 38.2 Å². The molecule has 0 aromatic heterocycles. The zero-order valence-electron chi connectivity index (χ0n) is 10.1. The van der Waals surface area contributed by atoms with Crippen molar-refractivity contribution in [3.05, 3.63) is 35.6 Å². The van der Waals surface area contributed by atoms with E-state index in [1.807, 2.05) is 12.1 Å². The predicted octanol–water partition coefficient (Wildman–Crippen LogP) is 3.89. The first-order valence-corrected chi connectivity index (χ1v) is 6.28. The Labute approximate surface area is 98.1 Å². The molecule has 1 aromatic rings. The van der Waals surface area contributed by atoms with Gasteiger partial charge in [-0.05, 0) is 19.0 Å². The highest BCUT2D eigenvalue weighted by Crippen LogP contribution is 2.06. The Kier molecular flexibility index (Phi) is 6.82. The van der Waals surface area contributed by atoms with Crippen molar-refractivity contribution in [1.29, 1.82) is 0 Å². The van der Waals surface area contributed by atoms with Crippen LogP contribution in [0.2, 0.25) is 0 Å². The Morgan fingerprint density at radius 2 is 1.81 bits per heavy atom.